The van der Waals surface area contributed by atoms with Crippen LogP contribution in [-0.2, 0) is 0 Å². The lowest BCUT2D eigenvalue weighted by molar-refractivity contribution is 0.628. The Hall–Kier alpha value is -2.28. The third-order valence-electron chi connectivity index (χ3n) is 3.05. The summed E-state index contributed by atoms with van der Waals surface area (Å²) in [6.07, 6.45) is 0. The van der Waals surface area contributed by atoms with Crippen LogP contribution in [0, 0.1) is 12.7 Å². The van der Waals surface area contributed by atoms with E-state index in [1.54, 1.807) is 10.7 Å². The number of benzene rings is 2. The minimum atomic E-state index is -0.396. The number of nitrogens with two attached hydrogens (primary N) is 1. The van der Waals surface area contributed by atoms with E-state index in [1.165, 1.54) is 12.1 Å². The van der Waals surface area contributed by atoms with Gasteiger partial charge >= 0.3 is 0 Å². The first-order valence-electron chi connectivity index (χ1n) is 6.16. The Morgan fingerprint density at radius 3 is 2.76 bits per heavy atom. The highest BCUT2D eigenvalue weighted by atomic mass is 79.9. The molecule has 0 aliphatic rings. The van der Waals surface area contributed by atoms with E-state index in [4.69, 9.17) is 5.73 Å². The van der Waals surface area contributed by atoms with Crippen molar-refractivity contribution in [2.45, 2.75) is 6.92 Å². The van der Waals surface area contributed by atoms with Crippen LogP contribution in [0.25, 0.3) is 17.1 Å². The lowest BCUT2D eigenvalue weighted by Gasteiger charge is -2.09. The van der Waals surface area contributed by atoms with Gasteiger partial charge in [-0.1, -0.05) is 6.07 Å². The van der Waals surface area contributed by atoms with Crippen molar-refractivity contribution >= 4 is 21.6 Å². The monoisotopic (exact) mass is 347 g/mol. The maximum Gasteiger partial charge on any atom is 0.189 e. The van der Waals surface area contributed by atoms with E-state index < -0.39 is 5.82 Å². The molecule has 5 nitrogen and oxygen atoms in total. The number of tetrazole rings is 1. The molecule has 1 aromatic heterocycles. The minimum Gasteiger partial charge on any atom is -0.398 e. The van der Waals surface area contributed by atoms with Gasteiger partial charge in [-0.05, 0) is 69.2 Å². The molecule has 1 heterocycles. The van der Waals surface area contributed by atoms with Crippen molar-refractivity contribution in [3.63, 3.8) is 0 Å². The molecule has 0 atom stereocenters. The largest absolute Gasteiger partial charge is 0.398 e. The number of aryl methyl sites for hydroxylation is 1. The van der Waals surface area contributed by atoms with Crippen molar-refractivity contribution in [1.82, 2.24) is 20.2 Å². The molecule has 2 aromatic carbocycles. The average molecular weight is 348 g/mol. The van der Waals surface area contributed by atoms with Gasteiger partial charge in [-0.3, -0.25) is 0 Å². The Kier molecular flexibility index (Phi) is 3.42. The lowest BCUT2D eigenvalue weighted by Crippen LogP contribution is -2.03. The van der Waals surface area contributed by atoms with Crippen molar-refractivity contribution in [2.24, 2.45) is 0 Å². The molecule has 2 N–H and O–H groups in total. The SMILES string of the molecule is Cc1ccc(Br)c(-n2nnnc2-c2ccc(F)cc2N)c1. The zero-order valence-corrected chi connectivity index (χ0v) is 12.7. The van der Waals surface area contributed by atoms with Gasteiger partial charge in [0.05, 0.1) is 5.69 Å². The Labute approximate surface area is 128 Å². The molecule has 0 aliphatic carbocycles. The summed E-state index contributed by atoms with van der Waals surface area (Å²) in [5, 5.41) is 11.7. The number of anilines is 1. The predicted molar refractivity (Wildman–Crippen MR) is 81.4 cm³/mol. The molecule has 0 fully saturated rings. The molecule has 0 bridgehead atoms. The maximum absolute atomic E-state index is 13.2. The second-order valence-corrected chi connectivity index (χ2v) is 5.46. The van der Waals surface area contributed by atoms with E-state index in [2.05, 4.69) is 31.5 Å². The summed E-state index contributed by atoms with van der Waals surface area (Å²) >= 11 is 3.48. The number of nitrogens with zero attached hydrogens (tertiary/aromatic N) is 4. The molecule has 0 saturated heterocycles. The number of hydrogen-bond donors (Lipinski definition) is 1. The first-order chi connectivity index (χ1) is 10.1. The molecular weight excluding hydrogens is 337 g/mol. The third-order valence-corrected chi connectivity index (χ3v) is 3.72. The molecular formula is C14H11BrFN5. The van der Waals surface area contributed by atoms with Crippen molar-refractivity contribution in [3.05, 3.63) is 52.3 Å². The van der Waals surface area contributed by atoms with Gasteiger partial charge in [0, 0.05) is 15.7 Å². The predicted octanol–water partition coefficient (Wildman–Crippen LogP) is 3.12. The summed E-state index contributed by atoms with van der Waals surface area (Å²) < 4.78 is 15.6. The van der Waals surface area contributed by atoms with Gasteiger partial charge in [0.25, 0.3) is 0 Å². The van der Waals surface area contributed by atoms with Crippen LogP contribution in [0.4, 0.5) is 10.1 Å². The first-order valence-corrected chi connectivity index (χ1v) is 6.96. The Bertz CT molecular complexity index is 815. The molecule has 0 spiro atoms. The highest BCUT2D eigenvalue weighted by molar-refractivity contribution is 9.10. The third kappa shape index (κ3) is 2.52. The van der Waals surface area contributed by atoms with Crippen molar-refractivity contribution in [2.75, 3.05) is 5.73 Å². The molecule has 0 aliphatic heterocycles. The number of halogens is 2. The second-order valence-electron chi connectivity index (χ2n) is 4.60. The van der Waals surface area contributed by atoms with Crippen LogP contribution in [0.5, 0.6) is 0 Å². The van der Waals surface area contributed by atoms with Gasteiger partial charge < -0.3 is 5.73 Å². The molecule has 7 heteroatoms. The van der Waals surface area contributed by atoms with Crippen molar-refractivity contribution in [3.8, 4) is 17.1 Å². The summed E-state index contributed by atoms with van der Waals surface area (Å²) in [6.45, 7) is 1.98. The highest BCUT2D eigenvalue weighted by Crippen LogP contribution is 2.29. The van der Waals surface area contributed by atoms with Crippen LogP contribution in [0.2, 0.25) is 0 Å². The van der Waals surface area contributed by atoms with Crippen LogP contribution in [0.1, 0.15) is 5.56 Å². The fraction of sp³-hybridized carbons (Fsp3) is 0.0714. The molecule has 0 saturated carbocycles. The maximum atomic E-state index is 13.2. The molecule has 0 amide bonds. The van der Waals surface area contributed by atoms with E-state index in [0.29, 0.717) is 11.4 Å². The second kappa shape index (κ2) is 5.25. The summed E-state index contributed by atoms with van der Waals surface area (Å²) in [4.78, 5) is 0. The van der Waals surface area contributed by atoms with Gasteiger partial charge in [0.15, 0.2) is 5.82 Å². The number of aromatic nitrogens is 4. The van der Waals surface area contributed by atoms with E-state index in [-0.39, 0.29) is 5.69 Å². The zero-order valence-electron chi connectivity index (χ0n) is 11.1. The summed E-state index contributed by atoms with van der Waals surface area (Å²) in [5.41, 5.74) is 8.59. The van der Waals surface area contributed by atoms with Crippen molar-refractivity contribution < 1.29 is 4.39 Å². The topological polar surface area (TPSA) is 69.6 Å². The minimum absolute atomic E-state index is 0.287. The van der Waals surface area contributed by atoms with Gasteiger partial charge in [0.2, 0.25) is 0 Å². The zero-order chi connectivity index (χ0) is 15.0. The van der Waals surface area contributed by atoms with Gasteiger partial charge in [-0.25, -0.2) is 4.39 Å². The fourth-order valence-electron chi connectivity index (χ4n) is 2.04. The molecule has 21 heavy (non-hydrogen) atoms. The van der Waals surface area contributed by atoms with Crippen LogP contribution < -0.4 is 5.73 Å². The summed E-state index contributed by atoms with van der Waals surface area (Å²) in [7, 11) is 0. The van der Waals surface area contributed by atoms with Gasteiger partial charge in [0.1, 0.15) is 5.82 Å². The number of nitrogen functional groups attached to an aromatic ring is 1. The fourth-order valence-corrected chi connectivity index (χ4v) is 2.45. The molecule has 3 aromatic rings. The molecule has 0 radical (unpaired) electrons. The van der Waals surface area contributed by atoms with E-state index in [9.17, 15) is 4.39 Å². The summed E-state index contributed by atoms with van der Waals surface area (Å²) in [5.74, 6) is 0.0609. The van der Waals surface area contributed by atoms with E-state index >= 15 is 0 Å². The quantitative estimate of drug-likeness (QED) is 0.723. The first kappa shape index (κ1) is 13.7. The van der Waals surface area contributed by atoms with E-state index in [1.807, 2.05) is 25.1 Å². The normalized spacial score (nSPS) is 10.8. The smallest absolute Gasteiger partial charge is 0.189 e. The Morgan fingerprint density at radius 2 is 2.00 bits per heavy atom. The van der Waals surface area contributed by atoms with Crippen LogP contribution in [0.15, 0.2) is 40.9 Å². The van der Waals surface area contributed by atoms with Crippen LogP contribution in [-0.4, -0.2) is 20.2 Å². The van der Waals surface area contributed by atoms with Gasteiger partial charge in [-0.15, -0.1) is 5.10 Å². The number of hydrogen-bond acceptors (Lipinski definition) is 4. The molecule has 106 valence electrons. The van der Waals surface area contributed by atoms with Crippen LogP contribution >= 0.6 is 15.9 Å². The summed E-state index contributed by atoms with van der Waals surface area (Å²) in [6, 6.07) is 9.99. The standard InChI is InChI=1S/C14H11BrFN5/c1-8-2-5-11(15)13(6-8)21-14(18-19-20-21)10-4-3-9(16)7-12(10)17/h2-7H,17H2,1H3. The number of rotatable bonds is 2. The molecule has 3 rings (SSSR count). The lowest BCUT2D eigenvalue weighted by atomic mass is 10.1. The molecule has 0 unspecified atom stereocenters. The van der Waals surface area contributed by atoms with Gasteiger partial charge in [-0.2, -0.15) is 4.68 Å². The van der Waals surface area contributed by atoms with E-state index in [0.717, 1.165) is 15.7 Å². The van der Waals surface area contributed by atoms with Crippen LogP contribution in [0.3, 0.4) is 0 Å². The highest BCUT2D eigenvalue weighted by Gasteiger charge is 2.15. The Balaban J connectivity index is 2.19. The Morgan fingerprint density at radius 1 is 1.19 bits per heavy atom. The van der Waals surface area contributed by atoms with Crippen molar-refractivity contribution in [1.29, 1.82) is 0 Å². The average Bonchev–Trinajstić information content (AvgIpc) is 2.90.